The number of fused-ring (bicyclic) bond motifs is 1. The van der Waals surface area contributed by atoms with E-state index in [1.54, 1.807) is 0 Å². The number of carbonyl (C=O) groups excluding carboxylic acids is 5. The number of hydrogen-bond acceptors (Lipinski definition) is 7. The molecule has 5 amide bonds. The van der Waals surface area contributed by atoms with Gasteiger partial charge in [0, 0.05) is 45.8 Å². The van der Waals surface area contributed by atoms with Gasteiger partial charge in [-0.25, -0.2) is 4.79 Å². The molecule has 0 bridgehead atoms. The topological polar surface area (TPSA) is 177 Å². The van der Waals surface area contributed by atoms with Crippen molar-refractivity contribution in [3.8, 4) is 0 Å². The summed E-state index contributed by atoms with van der Waals surface area (Å²) in [5.74, 6) is -2.60. The molecular weight excluding hydrogens is 675 g/mol. The average Bonchev–Trinajstić information content (AvgIpc) is 3.49. The molecule has 1 unspecified atom stereocenters. The van der Waals surface area contributed by atoms with Gasteiger partial charge in [-0.3, -0.25) is 19.2 Å². The van der Waals surface area contributed by atoms with Crippen molar-refractivity contribution >= 4 is 39.7 Å². The van der Waals surface area contributed by atoms with Gasteiger partial charge in [-0.05, 0) is 47.3 Å². The molecule has 6 atom stereocenters. The molecule has 4 N–H and O–H groups in total. The van der Waals surface area contributed by atoms with Crippen molar-refractivity contribution in [2.24, 2.45) is 28.1 Å². The Morgan fingerprint density at radius 1 is 0.980 bits per heavy atom. The summed E-state index contributed by atoms with van der Waals surface area (Å²) in [5.41, 5.74) is -1.52. The second kappa shape index (κ2) is 16.3. The van der Waals surface area contributed by atoms with Crippen LogP contribution in [0.15, 0.2) is 12.7 Å². The van der Waals surface area contributed by atoms with Gasteiger partial charge in [0.1, 0.15) is 12.1 Å². The molecule has 0 radical (unpaired) electrons. The molecule has 0 spiro atoms. The summed E-state index contributed by atoms with van der Waals surface area (Å²) in [4.78, 5) is 69.4. The highest BCUT2D eigenvalue weighted by Gasteiger charge is 2.70. The van der Waals surface area contributed by atoms with Gasteiger partial charge in [0.2, 0.25) is 17.6 Å². The number of ketones is 1. The average molecular weight is 738 g/mol. The number of hydrogen-bond donors (Lipinski definition) is 4. The van der Waals surface area contributed by atoms with E-state index >= 15 is 0 Å². The Balaban J connectivity index is 1.82. The Hall–Kier alpha value is -3.04. The lowest BCUT2D eigenvalue weighted by molar-refractivity contribution is -0.145. The lowest BCUT2D eigenvalue weighted by Gasteiger charge is -2.39. The van der Waals surface area contributed by atoms with Crippen molar-refractivity contribution in [2.45, 2.75) is 119 Å². The highest BCUT2D eigenvalue weighted by Crippen LogP contribution is 2.65. The molecule has 3 aliphatic rings. The van der Waals surface area contributed by atoms with Crippen LogP contribution in [0.25, 0.3) is 0 Å². The quantitative estimate of drug-likeness (QED) is 0.139. The molecule has 0 aromatic rings. The first-order valence-electron chi connectivity index (χ1n) is 18.3. The first-order valence-corrected chi connectivity index (χ1v) is 19.7. The Labute approximate surface area is 305 Å². The van der Waals surface area contributed by atoms with Crippen molar-refractivity contribution in [2.75, 3.05) is 39.8 Å². The molecule has 51 heavy (non-hydrogen) atoms. The first kappa shape index (κ1) is 42.4. The van der Waals surface area contributed by atoms with Gasteiger partial charge in [0.15, 0.2) is 0 Å². The van der Waals surface area contributed by atoms with E-state index in [1.165, 1.54) is 26.6 Å². The third-order valence-electron chi connectivity index (χ3n) is 10.8. The smallest absolute Gasteiger partial charge is 0.315 e. The predicted molar refractivity (Wildman–Crippen MR) is 196 cm³/mol. The summed E-state index contributed by atoms with van der Waals surface area (Å²) in [6.45, 7) is 22.2. The van der Waals surface area contributed by atoms with E-state index in [2.05, 4.69) is 27.8 Å². The van der Waals surface area contributed by atoms with Gasteiger partial charge < -0.3 is 26.2 Å². The highest BCUT2D eigenvalue weighted by atomic mass is 32.2. The van der Waals surface area contributed by atoms with E-state index in [0.717, 1.165) is 19.3 Å². The third-order valence-corrected chi connectivity index (χ3v) is 12.8. The number of nitrogens with one attached hydrogen (secondary N) is 4. The second-order valence-electron chi connectivity index (χ2n) is 17.2. The van der Waals surface area contributed by atoms with Crippen molar-refractivity contribution in [3.05, 3.63) is 12.7 Å². The summed E-state index contributed by atoms with van der Waals surface area (Å²) < 4.78 is 29.2. The molecule has 1 saturated carbocycles. The zero-order valence-corrected chi connectivity index (χ0v) is 33.2. The van der Waals surface area contributed by atoms with Gasteiger partial charge in [0.05, 0.1) is 6.04 Å². The Kier molecular flexibility index (Phi) is 13.6. The number of piperidine rings is 1. The van der Waals surface area contributed by atoms with E-state index in [-0.39, 0.29) is 36.8 Å². The van der Waals surface area contributed by atoms with Gasteiger partial charge >= 0.3 is 6.03 Å². The Morgan fingerprint density at radius 2 is 1.59 bits per heavy atom. The molecule has 3 rings (SSSR count). The molecule has 2 heterocycles. The summed E-state index contributed by atoms with van der Waals surface area (Å²) in [6.07, 6.45) is 4.71. The fourth-order valence-electron chi connectivity index (χ4n) is 7.31. The van der Waals surface area contributed by atoms with Crippen molar-refractivity contribution < 1.29 is 32.4 Å². The normalized spacial score (nSPS) is 23.5. The fourth-order valence-corrected chi connectivity index (χ4v) is 8.76. The van der Waals surface area contributed by atoms with Gasteiger partial charge in [-0.2, -0.15) is 17.0 Å². The number of carbonyl (C=O) groups is 5. The van der Waals surface area contributed by atoms with E-state index < -0.39 is 74.7 Å². The number of likely N-dealkylation sites (N-methyl/N-ethyl adjacent to an activating group) is 1. The number of unbranched alkanes of at least 4 members (excludes halogenated alkanes) is 1. The Bertz CT molecular complexity index is 1430. The zero-order chi connectivity index (χ0) is 38.7. The molecule has 2 aliphatic heterocycles. The van der Waals surface area contributed by atoms with Crippen molar-refractivity contribution in [1.82, 2.24) is 34.8 Å². The van der Waals surface area contributed by atoms with Crippen molar-refractivity contribution in [1.29, 1.82) is 0 Å². The molecule has 3 fully saturated rings. The lowest BCUT2D eigenvalue weighted by atomic mass is 9.85. The minimum Gasteiger partial charge on any atom is -0.346 e. The number of Topliss-reactive ketones (excluding diaryl/α,β-unsaturated/α-hetero) is 1. The number of amides is 5. The number of likely N-dealkylation sites (tertiary alicyclic amines) is 1. The van der Waals surface area contributed by atoms with Crippen LogP contribution in [0.5, 0.6) is 0 Å². The fraction of sp³-hybridized carbons (Fsp3) is 0.806. The minimum atomic E-state index is -3.71. The van der Waals surface area contributed by atoms with Gasteiger partial charge in [-0.1, -0.05) is 81.2 Å². The lowest BCUT2D eigenvalue weighted by Crippen LogP contribution is -2.63. The maximum Gasteiger partial charge on any atom is 0.315 e. The van der Waals surface area contributed by atoms with Crippen LogP contribution in [-0.4, -0.2) is 115 Å². The van der Waals surface area contributed by atoms with Crippen LogP contribution in [-0.2, 0) is 29.4 Å². The number of urea groups is 1. The second-order valence-corrected chi connectivity index (χ2v) is 19.2. The number of nitrogens with zero attached hydrogens (tertiary/aromatic N) is 3. The zero-order valence-electron chi connectivity index (χ0n) is 32.4. The van der Waals surface area contributed by atoms with Crippen LogP contribution in [0.4, 0.5) is 4.79 Å². The summed E-state index contributed by atoms with van der Waals surface area (Å²) in [6, 6.07) is -4.22. The van der Waals surface area contributed by atoms with Crippen LogP contribution in [0, 0.1) is 28.1 Å². The molecular formula is C36H63N7O7S. The monoisotopic (exact) mass is 737 g/mol. The maximum atomic E-state index is 14.4. The molecule has 0 aromatic heterocycles. The van der Waals surface area contributed by atoms with Crippen LogP contribution in [0.2, 0.25) is 0 Å². The van der Waals surface area contributed by atoms with Crippen LogP contribution in [0.1, 0.15) is 94.4 Å². The van der Waals surface area contributed by atoms with E-state index in [4.69, 9.17) is 0 Å². The molecule has 14 nitrogen and oxygen atoms in total. The minimum absolute atomic E-state index is 0.0280. The largest absolute Gasteiger partial charge is 0.346 e. The van der Waals surface area contributed by atoms with E-state index in [0.29, 0.717) is 26.1 Å². The van der Waals surface area contributed by atoms with Gasteiger partial charge in [0.25, 0.3) is 16.1 Å². The SMILES string of the molecule is C=CCNC(=O)C(=O)C(CCCC)NC(=O)[C@@H]1[C@@H]2[C@H](CN1C(=O)[C@@H](NC(=O)N[C@H](CN(C)S(=O)(=O)N1CCCC1)C(C)(C)C)C(C)(C)C)C2(C)C. The maximum absolute atomic E-state index is 14.4. The number of rotatable bonds is 16. The predicted octanol–water partition coefficient (Wildman–Crippen LogP) is 2.42. The summed E-state index contributed by atoms with van der Waals surface area (Å²) in [7, 11) is -2.20. The van der Waals surface area contributed by atoms with Crippen LogP contribution >= 0.6 is 0 Å². The molecule has 0 aromatic carbocycles. The third kappa shape index (κ3) is 9.89. The Morgan fingerprint density at radius 3 is 2.12 bits per heavy atom. The highest BCUT2D eigenvalue weighted by molar-refractivity contribution is 7.86. The molecule has 2 saturated heterocycles. The van der Waals surface area contributed by atoms with Crippen LogP contribution in [0.3, 0.4) is 0 Å². The molecule has 1 aliphatic carbocycles. The van der Waals surface area contributed by atoms with E-state index in [9.17, 15) is 32.4 Å². The van der Waals surface area contributed by atoms with E-state index in [1.807, 2.05) is 62.3 Å². The molecule has 290 valence electrons. The van der Waals surface area contributed by atoms with Crippen LogP contribution < -0.4 is 21.3 Å². The van der Waals surface area contributed by atoms with Crippen molar-refractivity contribution in [3.63, 3.8) is 0 Å². The summed E-state index contributed by atoms with van der Waals surface area (Å²) in [5, 5.41) is 11.1. The van der Waals surface area contributed by atoms with Gasteiger partial charge in [-0.15, -0.1) is 6.58 Å². The standard InChI is InChI=1S/C36H63N7O7S/c1-12-14-17-24(28(44)31(46)37-18-13-2)38-30(45)27-26-23(36(26,9)10)21-43(27)32(47)29(35(6,7)8)40-33(48)39-25(34(3,4)5)22-41(11)51(49,50)42-19-15-16-20-42/h13,23-27,29H,2,12,14-22H2,1,3-11H3,(H,37,46)(H,38,45)(H2,39,40,48)/t23-,24?,25+,26-,27-,29+/m0/s1. The molecule has 15 heteroatoms. The first-order chi connectivity index (χ1) is 23.5. The summed E-state index contributed by atoms with van der Waals surface area (Å²) >= 11 is 0.